The third kappa shape index (κ3) is 4.50. The highest BCUT2D eigenvalue weighted by Crippen LogP contribution is 2.43. The van der Waals surface area contributed by atoms with Gasteiger partial charge in [-0.05, 0) is 42.2 Å². The summed E-state index contributed by atoms with van der Waals surface area (Å²) in [5.41, 5.74) is 2.63. The number of benzene rings is 1. The van der Waals surface area contributed by atoms with E-state index in [9.17, 15) is 14.9 Å². The molecule has 4 aromatic rings. The topological polar surface area (TPSA) is 125 Å². The Bertz CT molecular complexity index is 1490. The number of nitrogens with zero attached hydrogens (tertiary/aromatic N) is 5. The molecule has 1 aromatic carbocycles. The predicted molar refractivity (Wildman–Crippen MR) is 140 cm³/mol. The molecule has 1 atom stereocenters. The van der Waals surface area contributed by atoms with Gasteiger partial charge in [0, 0.05) is 10.9 Å². The molecule has 36 heavy (non-hydrogen) atoms. The zero-order chi connectivity index (χ0) is 25.6. The smallest absolute Gasteiger partial charge is 0.273 e. The standard InChI is InChI=1S/C24H26N6O4S2/c1-24(2,3)13-5-7-15-18(9-13)36-22-20(15)21-27-28-23(29(21)12-25-22)35-11-19(31)26-16-8-6-14(30(32)33)10-17(16)34-4/h6,8,10,12-13H,5,7,9,11H2,1-4H3,(H,26,31)/t13-/m1/s1. The molecule has 1 aliphatic carbocycles. The number of non-ortho nitro benzene ring substituents is 1. The van der Waals surface area contributed by atoms with Crippen molar-refractivity contribution in [2.24, 2.45) is 11.3 Å². The molecule has 1 aliphatic rings. The lowest BCUT2D eigenvalue weighted by molar-refractivity contribution is -0.384. The number of aryl methyl sites for hydroxylation is 1. The summed E-state index contributed by atoms with van der Waals surface area (Å²) in [5.74, 6) is 0.650. The number of aromatic nitrogens is 4. The lowest BCUT2D eigenvalue weighted by Gasteiger charge is -2.33. The normalized spacial score (nSPS) is 15.7. The highest BCUT2D eigenvalue weighted by Gasteiger charge is 2.32. The van der Waals surface area contributed by atoms with Crippen LogP contribution in [0, 0.1) is 21.4 Å². The summed E-state index contributed by atoms with van der Waals surface area (Å²) in [6.07, 6.45) is 4.94. The Morgan fingerprint density at radius 2 is 2.17 bits per heavy atom. The number of nitrogens with one attached hydrogen (secondary N) is 1. The van der Waals surface area contributed by atoms with Crippen molar-refractivity contribution in [1.82, 2.24) is 19.6 Å². The molecule has 3 heterocycles. The molecule has 0 saturated carbocycles. The number of ether oxygens (including phenoxy) is 1. The quantitative estimate of drug-likeness (QED) is 0.208. The average Bonchev–Trinajstić information content (AvgIpc) is 3.42. The van der Waals surface area contributed by atoms with Crippen LogP contribution in [0.25, 0.3) is 15.9 Å². The number of hydrogen-bond acceptors (Lipinski definition) is 9. The summed E-state index contributed by atoms with van der Waals surface area (Å²) < 4.78 is 7.03. The summed E-state index contributed by atoms with van der Waals surface area (Å²) >= 11 is 3.00. The fraction of sp³-hybridized carbons (Fsp3) is 0.417. The molecule has 10 nitrogen and oxygen atoms in total. The van der Waals surface area contributed by atoms with Gasteiger partial charge in [0.25, 0.3) is 5.69 Å². The Morgan fingerprint density at radius 3 is 2.89 bits per heavy atom. The lowest BCUT2D eigenvalue weighted by atomic mass is 9.72. The molecule has 0 spiro atoms. The van der Waals surface area contributed by atoms with Crippen molar-refractivity contribution in [2.75, 3.05) is 18.2 Å². The van der Waals surface area contributed by atoms with Crippen molar-refractivity contribution in [2.45, 2.75) is 45.2 Å². The van der Waals surface area contributed by atoms with Gasteiger partial charge < -0.3 is 10.1 Å². The maximum atomic E-state index is 12.6. The molecule has 0 aliphatic heterocycles. The summed E-state index contributed by atoms with van der Waals surface area (Å²) in [5, 5.41) is 24.2. The van der Waals surface area contributed by atoms with Gasteiger partial charge in [0.15, 0.2) is 10.8 Å². The minimum atomic E-state index is -0.515. The summed E-state index contributed by atoms with van der Waals surface area (Å²) in [6.45, 7) is 6.92. The molecule has 0 saturated heterocycles. The van der Waals surface area contributed by atoms with E-state index < -0.39 is 4.92 Å². The number of carbonyl (C=O) groups is 1. The van der Waals surface area contributed by atoms with Crippen LogP contribution in [0.2, 0.25) is 0 Å². The molecule has 3 aromatic heterocycles. The molecular formula is C24H26N6O4S2. The van der Waals surface area contributed by atoms with Crippen molar-refractivity contribution in [3.8, 4) is 5.75 Å². The Labute approximate surface area is 215 Å². The first kappa shape index (κ1) is 24.4. The van der Waals surface area contributed by atoms with Crippen LogP contribution in [0.4, 0.5) is 11.4 Å². The van der Waals surface area contributed by atoms with Crippen LogP contribution in [-0.4, -0.2) is 43.3 Å². The summed E-state index contributed by atoms with van der Waals surface area (Å²) in [6, 6.07) is 4.05. The number of thiophene rings is 1. The number of amides is 1. The third-order valence-corrected chi connectivity index (χ3v) is 8.76. The fourth-order valence-corrected chi connectivity index (χ4v) is 6.57. The van der Waals surface area contributed by atoms with E-state index in [1.54, 1.807) is 17.7 Å². The van der Waals surface area contributed by atoms with Crippen LogP contribution in [0.3, 0.4) is 0 Å². The van der Waals surface area contributed by atoms with E-state index in [2.05, 4.69) is 36.3 Å². The maximum Gasteiger partial charge on any atom is 0.273 e. The van der Waals surface area contributed by atoms with Gasteiger partial charge in [-0.3, -0.25) is 19.3 Å². The maximum absolute atomic E-state index is 12.6. The number of fused-ring (bicyclic) bond motifs is 5. The molecule has 0 unspecified atom stereocenters. The van der Waals surface area contributed by atoms with Gasteiger partial charge in [0.2, 0.25) is 5.91 Å². The number of anilines is 1. The van der Waals surface area contributed by atoms with E-state index >= 15 is 0 Å². The zero-order valence-corrected chi connectivity index (χ0v) is 22.0. The van der Waals surface area contributed by atoms with Crippen molar-refractivity contribution in [3.63, 3.8) is 0 Å². The molecular weight excluding hydrogens is 500 g/mol. The van der Waals surface area contributed by atoms with Gasteiger partial charge >= 0.3 is 0 Å². The number of nitro groups is 1. The second kappa shape index (κ2) is 9.32. The number of carbonyl (C=O) groups excluding carboxylic acids is 1. The highest BCUT2D eigenvalue weighted by atomic mass is 32.2. The number of rotatable bonds is 6. The number of thioether (sulfide) groups is 1. The van der Waals surface area contributed by atoms with Crippen molar-refractivity contribution >= 4 is 56.2 Å². The van der Waals surface area contributed by atoms with E-state index in [0.717, 1.165) is 35.1 Å². The van der Waals surface area contributed by atoms with Crippen LogP contribution in [0.1, 0.15) is 37.6 Å². The monoisotopic (exact) mass is 526 g/mol. The Morgan fingerprint density at radius 1 is 1.36 bits per heavy atom. The van der Waals surface area contributed by atoms with Crippen LogP contribution < -0.4 is 10.1 Å². The van der Waals surface area contributed by atoms with Crippen LogP contribution >= 0.6 is 23.1 Å². The first-order valence-corrected chi connectivity index (χ1v) is 13.3. The van der Waals surface area contributed by atoms with E-state index in [-0.39, 0.29) is 28.5 Å². The number of methoxy groups -OCH3 is 1. The zero-order valence-electron chi connectivity index (χ0n) is 20.4. The van der Waals surface area contributed by atoms with E-state index in [4.69, 9.17) is 9.72 Å². The van der Waals surface area contributed by atoms with Crippen LogP contribution in [0.5, 0.6) is 5.75 Å². The average molecular weight is 527 g/mol. The fourth-order valence-electron chi connectivity index (χ4n) is 4.61. The summed E-state index contributed by atoms with van der Waals surface area (Å²) in [7, 11) is 1.39. The molecule has 1 N–H and O–H groups in total. The number of hydrogen-bond donors (Lipinski definition) is 1. The van der Waals surface area contributed by atoms with E-state index in [1.807, 2.05) is 4.40 Å². The van der Waals surface area contributed by atoms with Crippen molar-refractivity contribution in [3.05, 3.63) is 45.1 Å². The Balaban J connectivity index is 1.34. The SMILES string of the molecule is COc1cc([N+](=O)[O-])ccc1NC(=O)CSc1nnc2c3c4c(sc3ncn12)C[C@H](C(C)(C)C)CC4. The minimum absolute atomic E-state index is 0.0774. The third-order valence-electron chi connectivity index (χ3n) is 6.65. The molecule has 0 bridgehead atoms. The van der Waals surface area contributed by atoms with Gasteiger partial charge in [-0.2, -0.15) is 0 Å². The highest BCUT2D eigenvalue weighted by molar-refractivity contribution is 7.99. The van der Waals surface area contributed by atoms with Crippen LogP contribution in [-0.2, 0) is 17.6 Å². The lowest BCUT2D eigenvalue weighted by Crippen LogP contribution is -2.26. The molecule has 188 valence electrons. The second-order valence-corrected chi connectivity index (χ2v) is 11.9. The first-order chi connectivity index (χ1) is 17.2. The van der Waals surface area contributed by atoms with E-state index in [1.165, 1.54) is 47.5 Å². The van der Waals surface area contributed by atoms with Crippen molar-refractivity contribution < 1.29 is 14.5 Å². The van der Waals surface area contributed by atoms with Gasteiger partial charge in [-0.1, -0.05) is 32.5 Å². The van der Waals surface area contributed by atoms with Gasteiger partial charge in [0.05, 0.1) is 34.9 Å². The summed E-state index contributed by atoms with van der Waals surface area (Å²) in [4.78, 5) is 30.1. The number of nitro benzene ring substituents is 1. The molecule has 1 amide bonds. The van der Waals surface area contributed by atoms with Gasteiger partial charge in [-0.25, -0.2) is 4.98 Å². The Kier molecular flexibility index (Phi) is 6.33. The Hall–Kier alpha value is -3.25. The molecule has 5 rings (SSSR count). The predicted octanol–water partition coefficient (Wildman–Crippen LogP) is 5.14. The van der Waals surface area contributed by atoms with Crippen molar-refractivity contribution in [1.29, 1.82) is 0 Å². The molecule has 0 fully saturated rings. The second-order valence-electron chi connectivity index (χ2n) is 9.89. The van der Waals surface area contributed by atoms with Crippen LogP contribution in [0.15, 0.2) is 29.7 Å². The van der Waals surface area contributed by atoms with Gasteiger partial charge in [-0.15, -0.1) is 21.5 Å². The first-order valence-electron chi connectivity index (χ1n) is 11.5. The van der Waals surface area contributed by atoms with Gasteiger partial charge in [0.1, 0.15) is 16.9 Å². The molecule has 0 radical (unpaired) electrons. The largest absolute Gasteiger partial charge is 0.494 e. The van der Waals surface area contributed by atoms with E-state index in [0.29, 0.717) is 16.8 Å². The molecule has 12 heteroatoms. The minimum Gasteiger partial charge on any atom is -0.494 e.